The number of hydrogen-bond donors (Lipinski definition) is 0. The Hall–Kier alpha value is -1.39. The van der Waals surface area contributed by atoms with E-state index in [1.165, 1.54) is 70.1 Å². The molecule has 0 spiro atoms. The van der Waals surface area contributed by atoms with E-state index in [0.717, 1.165) is 63.6 Å². The molecule has 3 heterocycles. The Bertz CT molecular complexity index is 771. The van der Waals surface area contributed by atoms with Gasteiger partial charge in [-0.05, 0) is 99.9 Å². The van der Waals surface area contributed by atoms with Gasteiger partial charge in [0.25, 0.3) is 0 Å². The largest absolute Gasteiger partial charge is 0.493 e. The first-order valence-corrected chi connectivity index (χ1v) is 13.8. The third-order valence-electron chi connectivity index (χ3n) is 9.00. The first-order chi connectivity index (χ1) is 16.2. The molecule has 4 nitrogen and oxygen atoms in total. The van der Waals surface area contributed by atoms with E-state index in [4.69, 9.17) is 9.47 Å². The van der Waals surface area contributed by atoms with Crippen LogP contribution in [0.25, 0.3) is 0 Å². The van der Waals surface area contributed by atoms with E-state index in [0.29, 0.717) is 23.5 Å². The molecule has 1 aromatic carbocycles. The van der Waals surface area contributed by atoms with E-state index < -0.39 is 0 Å². The van der Waals surface area contributed by atoms with E-state index in [2.05, 4.69) is 23.1 Å². The average molecular weight is 454 g/mol. The zero-order valence-corrected chi connectivity index (χ0v) is 20.4. The summed E-state index contributed by atoms with van der Waals surface area (Å²) in [4.78, 5) is 15.2. The molecule has 4 heteroatoms. The minimum Gasteiger partial charge on any atom is -0.493 e. The quantitative estimate of drug-likeness (QED) is 0.501. The fourth-order valence-electron chi connectivity index (χ4n) is 6.87. The van der Waals surface area contributed by atoms with Crippen molar-refractivity contribution in [1.29, 1.82) is 0 Å². The van der Waals surface area contributed by atoms with Gasteiger partial charge in [0.05, 0.1) is 6.61 Å². The van der Waals surface area contributed by atoms with E-state index in [1.54, 1.807) is 5.56 Å². The molecule has 1 aromatic rings. The van der Waals surface area contributed by atoms with Crippen molar-refractivity contribution in [2.75, 3.05) is 39.5 Å². The van der Waals surface area contributed by atoms with Crippen molar-refractivity contribution < 1.29 is 14.3 Å². The fourth-order valence-corrected chi connectivity index (χ4v) is 6.87. The zero-order valence-electron chi connectivity index (χ0n) is 20.4. The minimum atomic E-state index is 0.517. The van der Waals surface area contributed by atoms with E-state index >= 15 is 0 Å². The first kappa shape index (κ1) is 23.4. The number of carbonyl (C=O) groups is 1. The SMILES string of the molecule is O=C(CC1CCOCC1)CC1CCC(CCN2CCC(c3cccc4c3CCO4)CC2)CC1. The van der Waals surface area contributed by atoms with Crippen LogP contribution in [0.1, 0.15) is 87.7 Å². The van der Waals surface area contributed by atoms with E-state index in [9.17, 15) is 4.79 Å². The number of ketones is 1. The Morgan fingerprint density at radius 2 is 1.55 bits per heavy atom. The molecule has 4 aliphatic rings. The Balaban J connectivity index is 0.980. The van der Waals surface area contributed by atoms with Gasteiger partial charge in [0.2, 0.25) is 0 Å². The lowest BCUT2D eigenvalue weighted by atomic mass is 9.77. The molecule has 0 atom stereocenters. The number of fused-ring (bicyclic) bond motifs is 1. The number of carbonyl (C=O) groups excluding carboxylic acids is 1. The van der Waals surface area contributed by atoms with E-state index in [1.807, 2.05) is 0 Å². The van der Waals surface area contributed by atoms with Gasteiger partial charge >= 0.3 is 0 Å². The maximum Gasteiger partial charge on any atom is 0.133 e. The lowest BCUT2D eigenvalue weighted by Crippen LogP contribution is -2.35. The lowest BCUT2D eigenvalue weighted by Gasteiger charge is -2.35. The van der Waals surface area contributed by atoms with E-state index in [-0.39, 0.29) is 0 Å². The van der Waals surface area contributed by atoms with Crippen LogP contribution in [0.5, 0.6) is 5.75 Å². The molecular weight excluding hydrogens is 410 g/mol. The normalized spacial score (nSPS) is 27.3. The maximum atomic E-state index is 12.5. The predicted octanol–water partition coefficient (Wildman–Crippen LogP) is 5.77. The number of nitrogens with zero attached hydrogens (tertiary/aromatic N) is 1. The third kappa shape index (κ3) is 6.19. The van der Waals surface area contributed by atoms with Crippen LogP contribution in [0, 0.1) is 17.8 Å². The Kier molecular flexibility index (Phi) is 8.04. The Labute approximate surface area is 200 Å². The van der Waals surface area contributed by atoms with Gasteiger partial charge in [-0.2, -0.15) is 0 Å². The van der Waals surface area contributed by atoms with Crippen LogP contribution in [0.2, 0.25) is 0 Å². The molecule has 0 bridgehead atoms. The summed E-state index contributed by atoms with van der Waals surface area (Å²) in [6.07, 6.45) is 14.0. The number of hydrogen-bond acceptors (Lipinski definition) is 4. The number of rotatable bonds is 8. The summed E-state index contributed by atoms with van der Waals surface area (Å²) in [6, 6.07) is 6.67. The predicted molar refractivity (Wildman–Crippen MR) is 132 cm³/mol. The van der Waals surface area contributed by atoms with Crippen LogP contribution < -0.4 is 4.74 Å². The lowest BCUT2D eigenvalue weighted by molar-refractivity contribution is -0.121. The van der Waals surface area contributed by atoms with Crippen molar-refractivity contribution in [3.63, 3.8) is 0 Å². The Morgan fingerprint density at radius 1 is 0.848 bits per heavy atom. The van der Waals surface area contributed by atoms with Crippen LogP contribution in [-0.2, 0) is 16.0 Å². The van der Waals surface area contributed by atoms with Gasteiger partial charge in [-0.15, -0.1) is 0 Å². The number of likely N-dealkylation sites (tertiary alicyclic amines) is 1. The van der Waals surface area contributed by atoms with Gasteiger partial charge in [-0.3, -0.25) is 4.79 Å². The van der Waals surface area contributed by atoms with Crippen LogP contribution in [0.4, 0.5) is 0 Å². The van der Waals surface area contributed by atoms with Gasteiger partial charge in [0.1, 0.15) is 11.5 Å². The van der Waals surface area contributed by atoms with Gasteiger partial charge in [-0.25, -0.2) is 0 Å². The van der Waals surface area contributed by atoms with Crippen LogP contribution in [0.15, 0.2) is 18.2 Å². The summed E-state index contributed by atoms with van der Waals surface area (Å²) in [5.74, 6) is 4.48. The summed E-state index contributed by atoms with van der Waals surface area (Å²) >= 11 is 0. The highest BCUT2D eigenvalue weighted by molar-refractivity contribution is 5.78. The van der Waals surface area contributed by atoms with Crippen molar-refractivity contribution in [1.82, 2.24) is 4.90 Å². The van der Waals surface area contributed by atoms with Crippen molar-refractivity contribution in [2.24, 2.45) is 17.8 Å². The molecule has 182 valence electrons. The Morgan fingerprint density at radius 3 is 2.30 bits per heavy atom. The number of piperidine rings is 1. The number of ether oxygens (including phenoxy) is 2. The van der Waals surface area contributed by atoms with Gasteiger partial charge in [0.15, 0.2) is 0 Å². The molecule has 2 saturated heterocycles. The molecule has 1 aliphatic carbocycles. The molecule has 0 N–H and O–H groups in total. The van der Waals surface area contributed by atoms with Gasteiger partial charge in [-0.1, -0.05) is 25.0 Å². The standard InChI is InChI=1S/C29H43NO3/c31-26(21-24-11-17-32-18-12-24)20-23-6-4-22(5-7-23)8-14-30-15-9-25(10-16-30)27-2-1-3-29-28(27)13-19-33-29/h1-3,22-25H,4-21H2. The average Bonchev–Trinajstić information content (AvgIpc) is 3.34. The van der Waals surface area contributed by atoms with Crippen molar-refractivity contribution in [3.05, 3.63) is 29.3 Å². The van der Waals surface area contributed by atoms with Gasteiger partial charge < -0.3 is 14.4 Å². The monoisotopic (exact) mass is 453 g/mol. The highest BCUT2D eigenvalue weighted by Crippen LogP contribution is 2.38. The first-order valence-electron chi connectivity index (χ1n) is 13.8. The van der Waals surface area contributed by atoms with Crippen LogP contribution in [-0.4, -0.2) is 50.1 Å². The minimum absolute atomic E-state index is 0.517. The van der Waals surface area contributed by atoms with Crippen molar-refractivity contribution in [3.8, 4) is 5.75 Å². The topological polar surface area (TPSA) is 38.8 Å². The molecule has 0 unspecified atom stereocenters. The molecule has 3 fully saturated rings. The second-order valence-electron chi connectivity index (χ2n) is 11.2. The second kappa shape index (κ2) is 11.4. The smallest absolute Gasteiger partial charge is 0.133 e. The summed E-state index contributed by atoms with van der Waals surface area (Å²) < 4.78 is 11.2. The molecule has 1 saturated carbocycles. The maximum absolute atomic E-state index is 12.5. The summed E-state index contributed by atoms with van der Waals surface area (Å²) in [5, 5.41) is 0. The molecule has 33 heavy (non-hydrogen) atoms. The summed E-state index contributed by atoms with van der Waals surface area (Å²) in [7, 11) is 0. The number of Topliss-reactive ketones (excluding diaryl/α,β-unsaturated/α-hetero) is 1. The van der Waals surface area contributed by atoms with Crippen molar-refractivity contribution >= 4 is 5.78 Å². The highest BCUT2D eigenvalue weighted by Gasteiger charge is 2.28. The van der Waals surface area contributed by atoms with Crippen LogP contribution in [0.3, 0.4) is 0 Å². The summed E-state index contributed by atoms with van der Waals surface area (Å²) in [6.45, 7) is 6.31. The fraction of sp³-hybridized carbons (Fsp3) is 0.759. The number of benzene rings is 1. The molecule has 0 amide bonds. The van der Waals surface area contributed by atoms with Crippen molar-refractivity contribution in [2.45, 2.75) is 83.0 Å². The van der Waals surface area contributed by atoms with Crippen LogP contribution >= 0.6 is 0 Å². The second-order valence-corrected chi connectivity index (χ2v) is 11.2. The molecule has 0 aromatic heterocycles. The molecular formula is C29H43NO3. The third-order valence-corrected chi connectivity index (χ3v) is 9.00. The molecule has 3 aliphatic heterocycles. The van der Waals surface area contributed by atoms with Gasteiger partial charge in [0, 0.05) is 38.0 Å². The highest BCUT2D eigenvalue weighted by atomic mass is 16.5. The summed E-state index contributed by atoms with van der Waals surface area (Å²) in [5.41, 5.74) is 3.05. The molecule has 5 rings (SSSR count). The molecule has 0 radical (unpaired) electrons. The zero-order chi connectivity index (χ0) is 22.5.